The van der Waals surface area contributed by atoms with Gasteiger partial charge in [-0.05, 0) is 51.7 Å². The summed E-state index contributed by atoms with van der Waals surface area (Å²) in [6.07, 6.45) is 5.12. The lowest BCUT2D eigenvalue weighted by molar-refractivity contribution is -0.155. The van der Waals surface area contributed by atoms with Gasteiger partial charge in [-0.2, -0.15) is 0 Å². The SMILES string of the molecule is C=CCCOC(=O)[C@@H]1[C@H]2C(=O)N([C@H](C)CO)C(C(=O)N(CC=C)c3c(C)cccc3Cl)C23CC[C@@]1(C)S3. The molecular weight excluding hydrogens is 512 g/mol. The average molecular weight is 547 g/mol. The number of ether oxygens (including phenoxy) is 1. The van der Waals surface area contributed by atoms with Crippen LogP contribution in [0.1, 0.15) is 38.7 Å². The molecule has 2 bridgehead atoms. The number of aliphatic hydroxyl groups excluding tert-OH is 1. The standard InChI is InChI=1S/C28H35ClN2O5S/c1-6-8-15-36-26(35)21-20-24(33)31(18(4)16-32)23(28(20)13-12-27(21,5)37-28)25(34)30(14-7-2)22-17(3)10-9-11-19(22)29/h6-7,9-11,18,20-21,23,32H,1-2,8,12-16H2,3-5H3/t18-,20+,21+,23?,27-,28?/m1/s1. The number of carbonyl (C=O) groups is 3. The maximum absolute atomic E-state index is 14.5. The van der Waals surface area contributed by atoms with E-state index in [0.29, 0.717) is 30.0 Å². The number of fused-ring (bicyclic) bond motifs is 1. The second-order valence-corrected chi connectivity index (χ2v) is 12.7. The summed E-state index contributed by atoms with van der Waals surface area (Å²) >= 11 is 8.15. The van der Waals surface area contributed by atoms with E-state index in [9.17, 15) is 19.5 Å². The van der Waals surface area contributed by atoms with Gasteiger partial charge in [-0.3, -0.25) is 14.4 Å². The highest BCUT2D eigenvalue weighted by Gasteiger charge is 2.78. The van der Waals surface area contributed by atoms with E-state index in [-0.39, 0.29) is 31.6 Å². The monoisotopic (exact) mass is 546 g/mol. The van der Waals surface area contributed by atoms with Crippen molar-refractivity contribution in [1.29, 1.82) is 0 Å². The maximum atomic E-state index is 14.5. The fourth-order valence-electron chi connectivity index (χ4n) is 6.43. The number of hydrogen-bond acceptors (Lipinski definition) is 6. The predicted molar refractivity (Wildman–Crippen MR) is 147 cm³/mol. The van der Waals surface area contributed by atoms with Gasteiger partial charge in [0.15, 0.2) is 0 Å². The average Bonchev–Trinajstić information content (AvgIpc) is 3.43. The van der Waals surface area contributed by atoms with E-state index in [4.69, 9.17) is 16.3 Å². The molecule has 0 aromatic heterocycles. The van der Waals surface area contributed by atoms with Gasteiger partial charge in [0.05, 0.1) is 46.5 Å². The molecule has 1 aromatic rings. The van der Waals surface area contributed by atoms with Gasteiger partial charge in [0.2, 0.25) is 5.91 Å². The predicted octanol–water partition coefficient (Wildman–Crippen LogP) is 4.15. The molecule has 1 N–H and O–H groups in total. The second kappa shape index (κ2) is 10.5. The summed E-state index contributed by atoms with van der Waals surface area (Å²) in [5, 5.41) is 10.5. The first-order valence-corrected chi connectivity index (χ1v) is 13.9. The highest BCUT2D eigenvalue weighted by atomic mass is 35.5. The highest BCUT2D eigenvalue weighted by molar-refractivity contribution is 8.02. The summed E-state index contributed by atoms with van der Waals surface area (Å²) in [7, 11) is 0. The van der Waals surface area contributed by atoms with Crippen LogP contribution in [-0.2, 0) is 19.1 Å². The van der Waals surface area contributed by atoms with Crippen molar-refractivity contribution >= 4 is 46.8 Å². The van der Waals surface area contributed by atoms with Crippen LogP contribution in [0, 0.1) is 18.8 Å². The minimum absolute atomic E-state index is 0.200. The van der Waals surface area contributed by atoms with Crippen molar-refractivity contribution in [3.63, 3.8) is 0 Å². The van der Waals surface area contributed by atoms with Crippen LogP contribution in [0.15, 0.2) is 43.5 Å². The Morgan fingerprint density at radius 1 is 1.35 bits per heavy atom. The van der Waals surface area contributed by atoms with Gasteiger partial charge in [-0.25, -0.2) is 0 Å². The lowest BCUT2D eigenvalue weighted by Crippen LogP contribution is -2.57. The first-order valence-electron chi connectivity index (χ1n) is 12.7. The second-order valence-electron chi connectivity index (χ2n) is 10.4. The Morgan fingerprint density at radius 2 is 2.08 bits per heavy atom. The Morgan fingerprint density at radius 3 is 2.70 bits per heavy atom. The largest absolute Gasteiger partial charge is 0.465 e. The number of halogens is 1. The quantitative estimate of drug-likeness (QED) is 0.269. The maximum Gasteiger partial charge on any atom is 0.311 e. The number of anilines is 1. The molecule has 0 aliphatic carbocycles. The normalized spacial score (nSPS) is 30.7. The summed E-state index contributed by atoms with van der Waals surface area (Å²) < 4.78 is 4.23. The van der Waals surface area contributed by atoms with Gasteiger partial charge >= 0.3 is 5.97 Å². The molecule has 200 valence electrons. The fraction of sp³-hybridized carbons (Fsp3) is 0.536. The summed E-state index contributed by atoms with van der Waals surface area (Å²) in [5.41, 5.74) is 1.39. The third-order valence-electron chi connectivity index (χ3n) is 8.04. The molecule has 2 unspecified atom stereocenters. The number of para-hydroxylation sites is 1. The Balaban J connectivity index is 1.81. The van der Waals surface area contributed by atoms with Gasteiger partial charge in [0.1, 0.15) is 6.04 Å². The number of aliphatic hydroxyl groups is 1. The van der Waals surface area contributed by atoms with Gasteiger partial charge in [-0.15, -0.1) is 24.9 Å². The van der Waals surface area contributed by atoms with Crippen molar-refractivity contribution in [2.24, 2.45) is 11.8 Å². The molecule has 4 rings (SSSR count). The van der Waals surface area contributed by atoms with Crippen molar-refractivity contribution < 1.29 is 24.2 Å². The van der Waals surface area contributed by atoms with Crippen molar-refractivity contribution in [2.45, 2.75) is 61.6 Å². The zero-order valence-electron chi connectivity index (χ0n) is 21.6. The van der Waals surface area contributed by atoms with Crippen molar-refractivity contribution in [3.05, 3.63) is 54.1 Å². The number of esters is 1. The lowest BCUT2D eigenvalue weighted by atomic mass is 9.66. The smallest absolute Gasteiger partial charge is 0.311 e. The van der Waals surface area contributed by atoms with E-state index in [1.54, 1.807) is 41.8 Å². The van der Waals surface area contributed by atoms with Crippen LogP contribution in [0.4, 0.5) is 5.69 Å². The molecule has 0 saturated carbocycles. The molecule has 1 spiro atoms. The van der Waals surface area contributed by atoms with Crippen LogP contribution in [-0.4, -0.2) is 69.1 Å². The minimum Gasteiger partial charge on any atom is -0.465 e. The van der Waals surface area contributed by atoms with Crippen LogP contribution in [0.2, 0.25) is 5.02 Å². The van der Waals surface area contributed by atoms with Crippen molar-refractivity contribution in [1.82, 2.24) is 4.90 Å². The summed E-state index contributed by atoms with van der Waals surface area (Å²) in [6, 6.07) is 3.95. The third-order valence-corrected chi connectivity index (χ3v) is 10.3. The fourth-order valence-corrected chi connectivity index (χ4v) is 9.08. The number of likely N-dealkylation sites (tertiary alicyclic amines) is 1. The number of nitrogens with zero attached hydrogens (tertiary/aromatic N) is 2. The summed E-state index contributed by atoms with van der Waals surface area (Å²) in [4.78, 5) is 45.1. The Hall–Kier alpha value is -2.29. The molecule has 1 aromatic carbocycles. The number of hydrogen-bond donors (Lipinski definition) is 1. The van der Waals surface area contributed by atoms with Gasteiger partial charge in [-0.1, -0.05) is 35.9 Å². The van der Waals surface area contributed by atoms with Crippen LogP contribution >= 0.6 is 23.4 Å². The number of amides is 2. The molecule has 6 atom stereocenters. The van der Waals surface area contributed by atoms with Gasteiger partial charge in [0, 0.05) is 11.3 Å². The Kier molecular flexibility index (Phi) is 7.84. The molecule has 3 heterocycles. The highest BCUT2D eigenvalue weighted by Crippen LogP contribution is 2.71. The van der Waals surface area contributed by atoms with Crippen LogP contribution < -0.4 is 4.90 Å². The molecule has 3 saturated heterocycles. The molecular formula is C28H35ClN2O5S. The Bertz CT molecular complexity index is 1110. The third kappa shape index (κ3) is 4.31. The zero-order valence-corrected chi connectivity index (χ0v) is 23.2. The zero-order chi connectivity index (χ0) is 27.1. The van der Waals surface area contributed by atoms with Crippen LogP contribution in [0.3, 0.4) is 0 Å². The summed E-state index contributed by atoms with van der Waals surface area (Å²) in [6.45, 7) is 13.2. The van der Waals surface area contributed by atoms with E-state index >= 15 is 0 Å². The molecule has 9 heteroatoms. The first kappa shape index (κ1) is 27.7. The molecule has 2 amide bonds. The summed E-state index contributed by atoms with van der Waals surface area (Å²) in [5.74, 6) is -2.37. The topological polar surface area (TPSA) is 87.1 Å². The van der Waals surface area contributed by atoms with E-state index in [1.807, 2.05) is 26.0 Å². The molecule has 3 fully saturated rings. The molecule has 3 aliphatic rings. The van der Waals surface area contributed by atoms with E-state index in [0.717, 1.165) is 5.56 Å². The lowest BCUT2D eigenvalue weighted by Gasteiger charge is -2.39. The van der Waals surface area contributed by atoms with Gasteiger partial charge in [0.25, 0.3) is 5.91 Å². The van der Waals surface area contributed by atoms with Crippen molar-refractivity contribution in [3.8, 4) is 0 Å². The van der Waals surface area contributed by atoms with Crippen molar-refractivity contribution in [2.75, 3.05) is 24.7 Å². The minimum atomic E-state index is -0.874. The van der Waals surface area contributed by atoms with E-state index in [1.165, 1.54) is 4.90 Å². The number of benzene rings is 1. The first-order chi connectivity index (χ1) is 17.6. The molecule has 37 heavy (non-hydrogen) atoms. The van der Waals surface area contributed by atoms with E-state index in [2.05, 4.69) is 13.2 Å². The molecule has 0 radical (unpaired) electrons. The van der Waals surface area contributed by atoms with E-state index < -0.39 is 39.4 Å². The van der Waals surface area contributed by atoms with Gasteiger partial charge < -0.3 is 19.6 Å². The molecule has 3 aliphatic heterocycles. The number of aryl methyl sites for hydroxylation is 1. The Labute approximate surface area is 227 Å². The van der Waals surface area contributed by atoms with Crippen LogP contribution in [0.25, 0.3) is 0 Å². The molecule has 7 nitrogen and oxygen atoms in total. The van der Waals surface area contributed by atoms with Crippen LogP contribution in [0.5, 0.6) is 0 Å². The number of rotatable bonds is 10. The number of thioether (sulfide) groups is 1. The number of carbonyl (C=O) groups excluding carboxylic acids is 3.